The Balaban J connectivity index is 1.66. The van der Waals surface area contributed by atoms with Crippen LogP contribution < -0.4 is 10.1 Å². The van der Waals surface area contributed by atoms with Crippen molar-refractivity contribution in [1.29, 1.82) is 0 Å². The van der Waals surface area contributed by atoms with Crippen LogP contribution in [0.3, 0.4) is 0 Å². The van der Waals surface area contributed by atoms with Crippen molar-refractivity contribution in [3.05, 3.63) is 47.9 Å². The van der Waals surface area contributed by atoms with Crippen LogP contribution in [0.5, 0.6) is 11.5 Å². The lowest BCUT2D eigenvalue weighted by Crippen LogP contribution is -2.32. The molecule has 4 heteroatoms. The summed E-state index contributed by atoms with van der Waals surface area (Å²) in [6.45, 7) is 2.72. The van der Waals surface area contributed by atoms with Gasteiger partial charge in [-0.1, -0.05) is 0 Å². The number of phenols is 1. The smallest absolute Gasteiger partial charge is 0.127 e. The fraction of sp³-hybridized carbons (Fsp3) is 0.333. The molecule has 0 saturated carbocycles. The fourth-order valence-corrected chi connectivity index (χ4v) is 2.47. The Bertz CT molecular complexity index is 551. The molecular formula is C15H17NO3. The van der Waals surface area contributed by atoms with Crippen LogP contribution in [0, 0.1) is 0 Å². The number of rotatable bonds is 4. The third kappa shape index (κ3) is 2.58. The summed E-state index contributed by atoms with van der Waals surface area (Å²) in [5, 5.41) is 12.9. The molecule has 0 radical (unpaired) electrons. The number of hydrogen-bond donors (Lipinski definition) is 2. The van der Waals surface area contributed by atoms with E-state index >= 15 is 0 Å². The lowest BCUT2D eigenvalue weighted by atomic mass is 10.1. The summed E-state index contributed by atoms with van der Waals surface area (Å²) in [5.74, 6) is 1.98. The summed E-state index contributed by atoms with van der Waals surface area (Å²) >= 11 is 0. The Kier molecular flexibility index (Phi) is 3.17. The van der Waals surface area contributed by atoms with Gasteiger partial charge in [0.2, 0.25) is 0 Å². The van der Waals surface area contributed by atoms with Gasteiger partial charge in [0, 0.05) is 24.1 Å². The topological polar surface area (TPSA) is 54.6 Å². The number of hydrogen-bond acceptors (Lipinski definition) is 4. The van der Waals surface area contributed by atoms with Gasteiger partial charge in [0.05, 0.1) is 12.3 Å². The van der Waals surface area contributed by atoms with E-state index in [4.69, 9.17) is 9.15 Å². The number of nitrogens with one attached hydrogen (secondary N) is 1. The Hall–Kier alpha value is -1.94. The van der Waals surface area contributed by atoms with Gasteiger partial charge in [-0.15, -0.1) is 0 Å². The van der Waals surface area contributed by atoms with E-state index in [9.17, 15) is 5.11 Å². The predicted octanol–water partition coefficient (Wildman–Crippen LogP) is 2.64. The molecule has 2 N–H and O–H groups in total. The summed E-state index contributed by atoms with van der Waals surface area (Å²) in [5.41, 5.74) is 1.10. The first kappa shape index (κ1) is 12.1. The first-order valence-electron chi connectivity index (χ1n) is 6.46. The maximum atomic E-state index is 9.42. The summed E-state index contributed by atoms with van der Waals surface area (Å²) in [7, 11) is 0. The number of ether oxygens (including phenoxy) is 1. The normalized spacial score (nSPS) is 18.9. The van der Waals surface area contributed by atoms with Crippen molar-refractivity contribution < 1.29 is 14.3 Å². The fourth-order valence-electron chi connectivity index (χ4n) is 2.47. The zero-order valence-corrected chi connectivity index (χ0v) is 10.8. The van der Waals surface area contributed by atoms with Gasteiger partial charge >= 0.3 is 0 Å². The molecule has 2 unspecified atom stereocenters. The van der Waals surface area contributed by atoms with Gasteiger partial charge in [0.25, 0.3) is 0 Å². The Labute approximate surface area is 112 Å². The maximum absolute atomic E-state index is 9.42. The van der Waals surface area contributed by atoms with Crippen LogP contribution in [0.2, 0.25) is 0 Å². The van der Waals surface area contributed by atoms with Gasteiger partial charge in [0.1, 0.15) is 23.9 Å². The quantitative estimate of drug-likeness (QED) is 0.886. The van der Waals surface area contributed by atoms with Crippen molar-refractivity contribution in [3.8, 4) is 11.5 Å². The third-order valence-electron chi connectivity index (χ3n) is 3.35. The average Bonchev–Trinajstić information content (AvgIpc) is 2.99. The molecule has 1 aromatic carbocycles. The highest BCUT2D eigenvalue weighted by molar-refractivity contribution is 5.44. The van der Waals surface area contributed by atoms with Crippen molar-refractivity contribution in [2.24, 2.45) is 0 Å². The van der Waals surface area contributed by atoms with Crippen molar-refractivity contribution in [1.82, 2.24) is 5.32 Å². The zero-order valence-electron chi connectivity index (χ0n) is 10.8. The zero-order chi connectivity index (χ0) is 13.2. The van der Waals surface area contributed by atoms with Crippen LogP contribution in [0.4, 0.5) is 0 Å². The molecule has 100 valence electrons. The van der Waals surface area contributed by atoms with Gasteiger partial charge < -0.3 is 19.6 Å². The average molecular weight is 259 g/mol. The van der Waals surface area contributed by atoms with Crippen LogP contribution in [-0.4, -0.2) is 17.8 Å². The van der Waals surface area contributed by atoms with E-state index in [0.717, 1.165) is 23.5 Å². The number of fused-ring (bicyclic) bond motifs is 1. The molecule has 1 aromatic heterocycles. The lowest BCUT2D eigenvalue weighted by Gasteiger charge is -2.17. The molecular weight excluding hydrogens is 242 g/mol. The van der Waals surface area contributed by atoms with Crippen molar-refractivity contribution in [3.63, 3.8) is 0 Å². The first-order chi connectivity index (χ1) is 9.22. The van der Waals surface area contributed by atoms with E-state index in [0.29, 0.717) is 12.6 Å². The molecule has 2 atom stereocenters. The van der Waals surface area contributed by atoms with Gasteiger partial charge in [-0.05, 0) is 31.2 Å². The number of furan rings is 1. The van der Waals surface area contributed by atoms with E-state index < -0.39 is 0 Å². The molecule has 0 amide bonds. The van der Waals surface area contributed by atoms with Crippen molar-refractivity contribution >= 4 is 0 Å². The Morgan fingerprint density at radius 1 is 1.42 bits per heavy atom. The number of aromatic hydroxyl groups is 1. The molecule has 0 saturated heterocycles. The standard InChI is InChI=1S/C15H17NO3/c1-10(7-12-3-2-6-18-12)16-14-9-19-15-8-11(17)4-5-13(14)15/h2-6,8,10,14,16-17H,7,9H2,1H3. The molecule has 4 nitrogen and oxygen atoms in total. The molecule has 0 spiro atoms. The minimum Gasteiger partial charge on any atom is -0.508 e. The maximum Gasteiger partial charge on any atom is 0.127 e. The molecule has 1 aliphatic heterocycles. The number of phenolic OH excluding ortho intramolecular Hbond substituents is 1. The van der Waals surface area contributed by atoms with E-state index in [1.54, 1.807) is 18.4 Å². The van der Waals surface area contributed by atoms with Crippen LogP contribution in [0.25, 0.3) is 0 Å². The molecule has 1 aliphatic rings. The third-order valence-corrected chi connectivity index (χ3v) is 3.35. The van der Waals surface area contributed by atoms with Crippen LogP contribution in [0.1, 0.15) is 24.3 Å². The predicted molar refractivity (Wildman–Crippen MR) is 71.4 cm³/mol. The summed E-state index contributed by atoms with van der Waals surface area (Å²) in [6, 6.07) is 9.61. The second kappa shape index (κ2) is 4.97. The van der Waals surface area contributed by atoms with Crippen molar-refractivity contribution in [2.45, 2.75) is 25.4 Å². The summed E-state index contributed by atoms with van der Waals surface area (Å²) < 4.78 is 10.9. The monoisotopic (exact) mass is 259 g/mol. The molecule has 19 heavy (non-hydrogen) atoms. The van der Waals surface area contributed by atoms with Crippen LogP contribution in [-0.2, 0) is 6.42 Å². The van der Waals surface area contributed by atoms with Crippen LogP contribution in [0.15, 0.2) is 41.0 Å². The van der Waals surface area contributed by atoms with E-state index in [1.165, 1.54) is 0 Å². The van der Waals surface area contributed by atoms with Crippen molar-refractivity contribution in [2.75, 3.05) is 6.61 Å². The number of benzene rings is 1. The van der Waals surface area contributed by atoms with Gasteiger partial charge in [0.15, 0.2) is 0 Å². The first-order valence-corrected chi connectivity index (χ1v) is 6.46. The molecule has 0 bridgehead atoms. The molecule has 3 rings (SSSR count). The largest absolute Gasteiger partial charge is 0.508 e. The second-order valence-corrected chi connectivity index (χ2v) is 4.94. The highest BCUT2D eigenvalue weighted by Gasteiger charge is 2.25. The molecule has 2 heterocycles. The second-order valence-electron chi connectivity index (χ2n) is 4.94. The van der Waals surface area contributed by atoms with Gasteiger partial charge in [-0.2, -0.15) is 0 Å². The molecule has 0 fully saturated rings. The summed E-state index contributed by atoms with van der Waals surface area (Å²) in [4.78, 5) is 0. The van der Waals surface area contributed by atoms with Gasteiger partial charge in [-0.25, -0.2) is 0 Å². The highest BCUT2D eigenvalue weighted by Crippen LogP contribution is 2.35. The SMILES string of the molecule is CC(Cc1ccco1)NC1COc2cc(O)ccc21. The lowest BCUT2D eigenvalue weighted by molar-refractivity contribution is 0.296. The minimum atomic E-state index is 0.167. The Morgan fingerprint density at radius 3 is 3.11 bits per heavy atom. The van der Waals surface area contributed by atoms with Crippen LogP contribution >= 0.6 is 0 Å². The molecule has 2 aromatic rings. The molecule has 0 aliphatic carbocycles. The Morgan fingerprint density at radius 2 is 2.32 bits per heavy atom. The van der Waals surface area contributed by atoms with Gasteiger partial charge in [-0.3, -0.25) is 0 Å². The minimum absolute atomic E-state index is 0.167. The van der Waals surface area contributed by atoms with E-state index in [2.05, 4.69) is 12.2 Å². The highest BCUT2D eigenvalue weighted by atomic mass is 16.5. The van der Waals surface area contributed by atoms with E-state index in [1.807, 2.05) is 18.2 Å². The van der Waals surface area contributed by atoms with E-state index in [-0.39, 0.29) is 11.8 Å². The summed E-state index contributed by atoms with van der Waals surface area (Å²) in [6.07, 6.45) is 2.54.